The van der Waals surface area contributed by atoms with Crippen LogP contribution in [0.15, 0.2) is 12.1 Å². The largest absolute Gasteiger partial charge is 0.347 e. The van der Waals surface area contributed by atoms with Crippen LogP contribution in [0.4, 0.5) is 0 Å². The first kappa shape index (κ1) is 15.0. The van der Waals surface area contributed by atoms with Crippen LogP contribution in [0.25, 0.3) is 0 Å². The number of nitrogens with one attached hydrogen (secondary N) is 1. The first-order valence-corrected chi connectivity index (χ1v) is 6.55. The van der Waals surface area contributed by atoms with Crippen molar-refractivity contribution in [2.75, 3.05) is 0 Å². The summed E-state index contributed by atoms with van der Waals surface area (Å²) < 4.78 is 0. The van der Waals surface area contributed by atoms with Gasteiger partial charge in [-0.15, -0.1) is 0 Å². The minimum atomic E-state index is -0.281. The van der Waals surface area contributed by atoms with E-state index in [2.05, 4.69) is 24.1 Å². The van der Waals surface area contributed by atoms with Crippen LogP contribution < -0.4 is 5.32 Å². The second-order valence-corrected chi connectivity index (χ2v) is 6.30. The number of carbonyl (C=O) groups is 1. The standard InChI is InChI=1S/C14H21ClN2O/c1-9(2)8-10-6-7-11(12(15)16-10)13(18)17-14(3,4)5/h6-7,9H,8H2,1-5H3,(H,17,18). The Morgan fingerprint density at radius 3 is 2.44 bits per heavy atom. The van der Waals surface area contributed by atoms with Gasteiger partial charge in [-0.3, -0.25) is 4.79 Å². The van der Waals surface area contributed by atoms with E-state index in [1.807, 2.05) is 26.8 Å². The van der Waals surface area contributed by atoms with E-state index in [1.165, 1.54) is 0 Å². The summed E-state index contributed by atoms with van der Waals surface area (Å²) in [6.07, 6.45) is 0.862. The van der Waals surface area contributed by atoms with Crippen molar-refractivity contribution in [2.45, 2.75) is 46.6 Å². The summed E-state index contributed by atoms with van der Waals surface area (Å²) in [5, 5.41) is 3.15. The maximum atomic E-state index is 12.0. The van der Waals surface area contributed by atoms with Gasteiger partial charge in [0, 0.05) is 11.2 Å². The third-order valence-electron chi connectivity index (χ3n) is 2.26. The minimum absolute atomic E-state index is 0.184. The summed E-state index contributed by atoms with van der Waals surface area (Å²) >= 11 is 6.06. The smallest absolute Gasteiger partial charge is 0.254 e. The lowest BCUT2D eigenvalue weighted by Gasteiger charge is -2.20. The van der Waals surface area contributed by atoms with Gasteiger partial charge in [0.05, 0.1) is 5.56 Å². The third-order valence-corrected chi connectivity index (χ3v) is 2.55. The Labute approximate surface area is 114 Å². The molecular formula is C14H21ClN2O. The molecule has 0 unspecified atom stereocenters. The molecule has 0 radical (unpaired) electrons. The van der Waals surface area contributed by atoms with Gasteiger partial charge in [0.15, 0.2) is 0 Å². The highest BCUT2D eigenvalue weighted by Gasteiger charge is 2.18. The van der Waals surface area contributed by atoms with E-state index in [9.17, 15) is 4.79 Å². The van der Waals surface area contributed by atoms with Crippen LogP contribution in [0.3, 0.4) is 0 Å². The summed E-state index contributed by atoms with van der Waals surface area (Å²) in [4.78, 5) is 16.2. The number of carbonyl (C=O) groups excluding carboxylic acids is 1. The Kier molecular flexibility index (Phi) is 4.74. The fourth-order valence-corrected chi connectivity index (χ4v) is 1.84. The SMILES string of the molecule is CC(C)Cc1ccc(C(=O)NC(C)(C)C)c(Cl)n1. The number of aromatic nitrogens is 1. The minimum Gasteiger partial charge on any atom is -0.347 e. The van der Waals surface area contributed by atoms with E-state index >= 15 is 0 Å². The highest BCUT2D eigenvalue weighted by molar-refractivity contribution is 6.32. The maximum Gasteiger partial charge on any atom is 0.254 e. The van der Waals surface area contributed by atoms with Crippen LogP contribution in [0.1, 0.15) is 50.7 Å². The van der Waals surface area contributed by atoms with Crippen LogP contribution in [0, 0.1) is 5.92 Å². The second-order valence-electron chi connectivity index (χ2n) is 5.94. The van der Waals surface area contributed by atoms with Gasteiger partial charge in [-0.05, 0) is 45.2 Å². The molecular weight excluding hydrogens is 248 g/mol. The van der Waals surface area contributed by atoms with E-state index in [4.69, 9.17) is 11.6 Å². The van der Waals surface area contributed by atoms with Gasteiger partial charge in [-0.2, -0.15) is 0 Å². The number of pyridine rings is 1. The molecule has 0 aliphatic rings. The topological polar surface area (TPSA) is 42.0 Å². The average Bonchev–Trinajstić information content (AvgIpc) is 2.13. The molecule has 0 spiro atoms. The molecule has 1 aromatic heterocycles. The van der Waals surface area contributed by atoms with Crippen molar-refractivity contribution in [1.29, 1.82) is 0 Å². The van der Waals surface area contributed by atoms with E-state index in [0.29, 0.717) is 11.5 Å². The van der Waals surface area contributed by atoms with E-state index in [1.54, 1.807) is 6.07 Å². The van der Waals surface area contributed by atoms with Gasteiger partial charge in [0.2, 0.25) is 0 Å². The molecule has 0 aliphatic carbocycles. The lowest BCUT2D eigenvalue weighted by molar-refractivity contribution is 0.0919. The van der Waals surface area contributed by atoms with Crippen molar-refractivity contribution in [3.05, 3.63) is 28.5 Å². The molecule has 0 atom stereocenters. The van der Waals surface area contributed by atoms with Crippen molar-refractivity contribution >= 4 is 17.5 Å². The van der Waals surface area contributed by atoms with Gasteiger partial charge in [0.25, 0.3) is 5.91 Å². The van der Waals surface area contributed by atoms with Crippen molar-refractivity contribution in [3.8, 4) is 0 Å². The fourth-order valence-electron chi connectivity index (χ4n) is 1.58. The fraction of sp³-hybridized carbons (Fsp3) is 0.571. The molecule has 4 heteroatoms. The number of hydrogen-bond acceptors (Lipinski definition) is 2. The molecule has 0 bridgehead atoms. The molecule has 1 amide bonds. The molecule has 0 aromatic carbocycles. The summed E-state index contributed by atoms with van der Waals surface area (Å²) in [5.41, 5.74) is 1.07. The number of amides is 1. The first-order chi connectivity index (χ1) is 8.19. The molecule has 18 heavy (non-hydrogen) atoms. The molecule has 0 saturated carbocycles. The Balaban J connectivity index is 2.89. The van der Waals surface area contributed by atoms with E-state index < -0.39 is 0 Å². The van der Waals surface area contributed by atoms with Crippen LogP contribution in [0.5, 0.6) is 0 Å². The summed E-state index contributed by atoms with van der Waals surface area (Å²) in [5.74, 6) is 0.332. The van der Waals surface area contributed by atoms with E-state index in [0.717, 1.165) is 12.1 Å². The lowest BCUT2D eigenvalue weighted by Crippen LogP contribution is -2.40. The molecule has 0 saturated heterocycles. The second kappa shape index (κ2) is 5.70. The lowest BCUT2D eigenvalue weighted by atomic mass is 10.1. The number of nitrogens with zero attached hydrogens (tertiary/aromatic N) is 1. The zero-order valence-corrected chi connectivity index (χ0v) is 12.4. The normalized spacial score (nSPS) is 11.7. The predicted octanol–water partition coefficient (Wildman–Crippen LogP) is 3.46. The summed E-state index contributed by atoms with van der Waals surface area (Å²) in [6, 6.07) is 3.61. The number of hydrogen-bond donors (Lipinski definition) is 1. The Morgan fingerprint density at radius 2 is 2.00 bits per heavy atom. The van der Waals surface area contributed by atoms with Gasteiger partial charge >= 0.3 is 0 Å². The predicted molar refractivity (Wildman–Crippen MR) is 75.0 cm³/mol. The Bertz CT molecular complexity index is 436. The van der Waals surface area contributed by atoms with Crippen molar-refractivity contribution in [3.63, 3.8) is 0 Å². The van der Waals surface area contributed by atoms with Crippen LogP contribution in [-0.2, 0) is 6.42 Å². The van der Waals surface area contributed by atoms with Crippen molar-refractivity contribution < 1.29 is 4.79 Å². The van der Waals surface area contributed by atoms with Crippen LogP contribution in [-0.4, -0.2) is 16.4 Å². The quantitative estimate of drug-likeness (QED) is 0.853. The molecule has 3 nitrogen and oxygen atoms in total. The Hall–Kier alpha value is -1.09. The molecule has 100 valence electrons. The molecule has 0 fully saturated rings. The molecule has 1 rings (SSSR count). The molecule has 1 aromatic rings. The van der Waals surface area contributed by atoms with Crippen LogP contribution >= 0.6 is 11.6 Å². The van der Waals surface area contributed by atoms with Gasteiger partial charge in [0.1, 0.15) is 5.15 Å². The molecule has 0 aliphatic heterocycles. The molecule has 1 N–H and O–H groups in total. The number of halogens is 1. The zero-order chi connectivity index (χ0) is 13.9. The van der Waals surface area contributed by atoms with Gasteiger partial charge in [-0.25, -0.2) is 4.98 Å². The van der Waals surface area contributed by atoms with Crippen molar-refractivity contribution in [2.24, 2.45) is 5.92 Å². The highest BCUT2D eigenvalue weighted by atomic mass is 35.5. The van der Waals surface area contributed by atoms with Gasteiger partial charge < -0.3 is 5.32 Å². The van der Waals surface area contributed by atoms with Gasteiger partial charge in [-0.1, -0.05) is 25.4 Å². The molecule has 1 heterocycles. The van der Waals surface area contributed by atoms with Crippen molar-refractivity contribution in [1.82, 2.24) is 10.3 Å². The van der Waals surface area contributed by atoms with E-state index in [-0.39, 0.29) is 16.6 Å². The highest BCUT2D eigenvalue weighted by Crippen LogP contribution is 2.16. The monoisotopic (exact) mass is 268 g/mol. The first-order valence-electron chi connectivity index (χ1n) is 6.17. The summed E-state index contributed by atoms with van der Waals surface area (Å²) in [7, 11) is 0. The van der Waals surface area contributed by atoms with Crippen LogP contribution in [0.2, 0.25) is 5.15 Å². The maximum absolute atomic E-state index is 12.0. The Morgan fingerprint density at radius 1 is 1.39 bits per heavy atom. The number of rotatable bonds is 3. The zero-order valence-electron chi connectivity index (χ0n) is 11.7. The third kappa shape index (κ3) is 4.65. The average molecular weight is 269 g/mol. The summed E-state index contributed by atoms with van der Waals surface area (Å²) in [6.45, 7) is 10.0.